The van der Waals surface area contributed by atoms with Gasteiger partial charge in [-0.15, -0.1) is 0 Å². The summed E-state index contributed by atoms with van der Waals surface area (Å²) in [5, 5.41) is 7.48. The van der Waals surface area contributed by atoms with Crippen molar-refractivity contribution in [2.24, 2.45) is 0 Å². The predicted molar refractivity (Wildman–Crippen MR) is 105 cm³/mol. The molecule has 1 aromatic carbocycles. The minimum atomic E-state index is 0.241. The first-order valence-corrected chi connectivity index (χ1v) is 9.56. The number of aryl methyl sites for hydroxylation is 1. The van der Waals surface area contributed by atoms with E-state index in [9.17, 15) is 4.79 Å². The Morgan fingerprint density at radius 2 is 1.89 bits per heavy atom. The molecular formula is C22H24N4O. The third-order valence-electron chi connectivity index (χ3n) is 5.36. The fourth-order valence-corrected chi connectivity index (χ4v) is 3.83. The summed E-state index contributed by atoms with van der Waals surface area (Å²) < 4.78 is 0. The number of nitrogens with zero attached hydrogens (tertiary/aromatic N) is 3. The monoisotopic (exact) mass is 360 g/mol. The summed E-state index contributed by atoms with van der Waals surface area (Å²) in [6.07, 6.45) is 8.76. The van der Waals surface area contributed by atoms with E-state index in [1.165, 1.54) is 16.8 Å². The van der Waals surface area contributed by atoms with Crippen molar-refractivity contribution >= 4 is 5.91 Å². The van der Waals surface area contributed by atoms with Crippen LogP contribution in [0, 0.1) is 0 Å². The maximum absolute atomic E-state index is 12.5. The first-order chi connectivity index (χ1) is 13.3. The van der Waals surface area contributed by atoms with Crippen molar-refractivity contribution in [2.45, 2.75) is 31.6 Å². The Morgan fingerprint density at radius 1 is 1.07 bits per heavy atom. The SMILES string of the molecule is O=C(CCc1cccnc1)N1CCC(c2[nH]ncc2-c2ccccc2)CC1. The van der Waals surface area contributed by atoms with Gasteiger partial charge in [0.25, 0.3) is 0 Å². The molecule has 1 fully saturated rings. The zero-order valence-electron chi connectivity index (χ0n) is 15.3. The lowest BCUT2D eigenvalue weighted by molar-refractivity contribution is -0.132. The first kappa shape index (κ1) is 17.5. The molecule has 0 bridgehead atoms. The summed E-state index contributed by atoms with van der Waals surface area (Å²) in [5.41, 5.74) is 4.68. The van der Waals surface area contributed by atoms with E-state index in [1.54, 1.807) is 6.20 Å². The van der Waals surface area contributed by atoms with Crippen LogP contribution in [0.4, 0.5) is 0 Å². The van der Waals surface area contributed by atoms with Crippen LogP contribution in [-0.2, 0) is 11.2 Å². The van der Waals surface area contributed by atoms with Gasteiger partial charge in [-0.2, -0.15) is 5.10 Å². The number of benzene rings is 1. The van der Waals surface area contributed by atoms with Gasteiger partial charge in [-0.25, -0.2) is 0 Å². The lowest BCUT2D eigenvalue weighted by Gasteiger charge is -2.32. The summed E-state index contributed by atoms with van der Waals surface area (Å²) in [6, 6.07) is 14.3. The number of carbonyl (C=O) groups excluding carboxylic acids is 1. The fraction of sp³-hybridized carbons (Fsp3) is 0.318. The molecule has 27 heavy (non-hydrogen) atoms. The van der Waals surface area contributed by atoms with Gasteiger partial charge in [-0.3, -0.25) is 14.9 Å². The third-order valence-corrected chi connectivity index (χ3v) is 5.36. The van der Waals surface area contributed by atoms with Gasteiger partial charge in [0.15, 0.2) is 0 Å². The average molecular weight is 360 g/mol. The number of carbonyl (C=O) groups is 1. The van der Waals surface area contributed by atoms with E-state index >= 15 is 0 Å². The molecule has 2 aromatic heterocycles. The molecule has 0 spiro atoms. The normalized spacial score (nSPS) is 15.0. The Bertz CT molecular complexity index is 868. The molecule has 0 atom stereocenters. The Morgan fingerprint density at radius 3 is 2.63 bits per heavy atom. The minimum absolute atomic E-state index is 0.241. The zero-order chi connectivity index (χ0) is 18.5. The highest BCUT2D eigenvalue weighted by Crippen LogP contribution is 2.33. The lowest BCUT2D eigenvalue weighted by atomic mass is 9.89. The second kappa shape index (κ2) is 8.16. The number of H-pyrrole nitrogens is 1. The van der Waals surface area contributed by atoms with Crippen LogP contribution in [0.15, 0.2) is 61.1 Å². The van der Waals surface area contributed by atoms with Crippen molar-refractivity contribution in [2.75, 3.05) is 13.1 Å². The Kier molecular flexibility index (Phi) is 5.28. The number of aromatic amines is 1. The van der Waals surface area contributed by atoms with Gasteiger partial charge in [-0.05, 0) is 36.5 Å². The topological polar surface area (TPSA) is 61.9 Å². The van der Waals surface area contributed by atoms with Crippen molar-refractivity contribution in [1.29, 1.82) is 0 Å². The number of pyridine rings is 1. The van der Waals surface area contributed by atoms with Crippen LogP contribution < -0.4 is 0 Å². The minimum Gasteiger partial charge on any atom is -0.343 e. The van der Waals surface area contributed by atoms with Crippen molar-refractivity contribution in [1.82, 2.24) is 20.1 Å². The fourth-order valence-electron chi connectivity index (χ4n) is 3.83. The molecule has 1 aliphatic rings. The van der Waals surface area contributed by atoms with Gasteiger partial charge in [0, 0.05) is 49.1 Å². The van der Waals surface area contributed by atoms with Crippen LogP contribution in [0.25, 0.3) is 11.1 Å². The number of nitrogens with one attached hydrogen (secondary N) is 1. The highest BCUT2D eigenvalue weighted by molar-refractivity contribution is 5.76. The van der Waals surface area contributed by atoms with E-state index in [-0.39, 0.29) is 5.91 Å². The quantitative estimate of drug-likeness (QED) is 0.752. The molecule has 0 unspecified atom stereocenters. The van der Waals surface area contributed by atoms with Crippen molar-refractivity contribution in [3.05, 3.63) is 72.3 Å². The van der Waals surface area contributed by atoms with Gasteiger partial charge < -0.3 is 4.90 Å². The van der Waals surface area contributed by atoms with Gasteiger partial charge in [0.2, 0.25) is 5.91 Å². The molecule has 1 aliphatic heterocycles. The molecule has 1 saturated heterocycles. The van der Waals surface area contributed by atoms with Gasteiger partial charge >= 0.3 is 0 Å². The third kappa shape index (κ3) is 4.08. The standard InChI is InChI=1S/C22H24N4O/c27-21(9-8-17-5-4-12-23-15-17)26-13-10-19(11-14-26)22-20(16-24-25-22)18-6-2-1-3-7-18/h1-7,12,15-16,19H,8-11,13-14H2,(H,24,25). The lowest BCUT2D eigenvalue weighted by Crippen LogP contribution is -2.38. The number of amides is 1. The highest BCUT2D eigenvalue weighted by atomic mass is 16.2. The zero-order valence-corrected chi connectivity index (χ0v) is 15.3. The average Bonchev–Trinajstić information content (AvgIpc) is 3.23. The van der Waals surface area contributed by atoms with Crippen LogP contribution >= 0.6 is 0 Å². The number of likely N-dealkylation sites (tertiary alicyclic amines) is 1. The highest BCUT2D eigenvalue weighted by Gasteiger charge is 2.26. The van der Waals surface area contributed by atoms with Crippen LogP contribution in [-0.4, -0.2) is 39.1 Å². The number of hydrogen-bond donors (Lipinski definition) is 1. The van der Waals surface area contributed by atoms with E-state index in [2.05, 4.69) is 39.4 Å². The Labute approximate surface area is 159 Å². The first-order valence-electron chi connectivity index (χ1n) is 9.56. The van der Waals surface area contributed by atoms with E-state index in [1.807, 2.05) is 35.5 Å². The summed E-state index contributed by atoms with van der Waals surface area (Å²) in [7, 11) is 0. The number of aromatic nitrogens is 3. The molecule has 0 saturated carbocycles. The van der Waals surface area contributed by atoms with Crippen molar-refractivity contribution in [3.8, 4) is 11.1 Å². The molecule has 0 radical (unpaired) electrons. The van der Waals surface area contributed by atoms with Gasteiger partial charge in [0.05, 0.1) is 6.20 Å². The van der Waals surface area contributed by atoms with Crippen molar-refractivity contribution in [3.63, 3.8) is 0 Å². The van der Waals surface area contributed by atoms with Crippen LogP contribution in [0.1, 0.15) is 36.4 Å². The molecule has 3 aromatic rings. The Balaban J connectivity index is 1.34. The maximum atomic E-state index is 12.5. The molecule has 138 valence electrons. The predicted octanol–water partition coefficient (Wildman–Crippen LogP) is 3.81. The second-order valence-electron chi connectivity index (χ2n) is 7.08. The van der Waals surface area contributed by atoms with Gasteiger partial charge in [-0.1, -0.05) is 36.4 Å². The van der Waals surface area contributed by atoms with E-state index in [0.717, 1.165) is 37.9 Å². The smallest absolute Gasteiger partial charge is 0.222 e. The van der Waals surface area contributed by atoms with E-state index in [4.69, 9.17) is 0 Å². The second-order valence-corrected chi connectivity index (χ2v) is 7.08. The molecule has 5 nitrogen and oxygen atoms in total. The largest absolute Gasteiger partial charge is 0.343 e. The molecular weight excluding hydrogens is 336 g/mol. The molecule has 4 rings (SSSR count). The summed E-state index contributed by atoms with van der Waals surface area (Å²) >= 11 is 0. The van der Waals surface area contributed by atoms with Crippen molar-refractivity contribution < 1.29 is 4.79 Å². The number of piperidine rings is 1. The number of rotatable bonds is 5. The van der Waals surface area contributed by atoms with E-state index < -0.39 is 0 Å². The molecule has 5 heteroatoms. The van der Waals surface area contributed by atoms with Crippen LogP contribution in [0.3, 0.4) is 0 Å². The summed E-state index contributed by atoms with van der Waals surface area (Å²) in [5.74, 6) is 0.662. The summed E-state index contributed by atoms with van der Waals surface area (Å²) in [4.78, 5) is 18.7. The molecule has 3 heterocycles. The number of hydrogen-bond acceptors (Lipinski definition) is 3. The van der Waals surface area contributed by atoms with E-state index in [0.29, 0.717) is 12.3 Å². The maximum Gasteiger partial charge on any atom is 0.222 e. The molecule has 1 amide bonds. The van der Waals surface area contributed by atoms with Gasteiger partial charge in [0.1, 0.15) is 0 Å². The Hall–Kier alpha value is -2.95. The summed E-state index contributed by atoms with van der Waals surface area (Å²) in [6.45, 7) is 1.62. The molecule has 1 N–H and O–H groups in total. The molecule has 0 aliphatic carbocycles. The van der Waals surface area contributed by atoms with Crippen LogP contribution in [0.2, 0.25) is 0 Å². The van der Waals surface area contributed by atoms with Crippen LogP contribution in [0.5, 0.6) is 0 Å².